The SMILES string of the molecule is O=C(NCCCc1ncn[nH]1)C1CC2C=CC1C2. The molecule has 0 spiro atoms. The van der Waals surface area contributed by atoms with Gasteiger partial charge in [-0.2, -0.15) is 5.10 Å². The van der Waals surface area contributed by atoms with Crippen LogP contribution in [0.5, 0.6) is 0 Å². The number of aromatic amines is 1. The molecule has 2 aliphatic carbocycles. The van der Waals surface area contributed by atoms with Gasteiger partial charge in [-0.15, -0.1) is 0 Å². The average molecular weight is 246 g/mol. The van der Waals surface area contributed by atoms with E-state index in [1.54, 1.807) is 0 Å². The lowest BCUT2D eigenvalue weighted by Gasteiger charge is -2.17. The first-order valence-corrected chi connectivity index (χ1v) is 6.63. The molecule has 2 aliphatic rings. The summed E-state index contributed by atoms with van der Waals surface area (Å²) >= 11 is 0. The number of allylic oxidation sites excluding steroid dienone is 2. The molecule has 18 heavy (non-hydrogen) atoms. The van der Waals surface area contributed by atoms with Crippen molar-refractivity contribution in [2.45, 2.75) is 25.7 Å². The van der Waals surface area contributed by atoms with E-state index in [2.05, 4.69) is 32.7 Å². The molecule has 2 N–H and O–H groups in total. The summed E-state index contributed by atoms with van der Waals surface area (Å²) in [6.07, 6.45) is 9.93. The fraction of sp³-hybridized carbons (Fsp3) is 0.615. The van der Waals surface area contributed by atoms with Gasteiger partial charge in [0.15, 0.2) is 0 Å². The van der Waals surface area contributed by atoms with Gasteiger partial charge in [-0.3, -0.25) is 9.89 Å². The highest BCUT2D eigenvalue weighted by molar-refractivity contribution is 5.79. The van der Waals surface area contributed by atoms with Crippen LogP contribution in [-0.2, 0) is 11.2 Å². The summed E-state index contributed by atoms with van der Waals surface area (Å²) in [5, 5.41) is 9.65. The smallest absolute Gasteiger partial charge is 0.223 e. The van der Waals surface area contributed by atoms with Crippen molar-refractivity contribution in [3.05, 3.63) is 24.3 Å². The molecule has 1 fully saturated rings. The Morgan fingerprint density at radius 2 is 2.39 bits per heavy atom. The predicted octanol–water partition coefficient (Wildman–Crippen LogP) is 1.07. The van der Waals surface area contributed by atoms with Crippen molar-refractivity contribution in [1.29, 1.82) is 0 Å². The third kappa shape index (κ3) is 2.30. The van der Waals surface area contributed by atoms with Crippen molar-refractivity contribution in [2.24, 2.45) is 17.8 Å². The topological polar surface area (TPSA) is 70.7 Å². The predicted molar refractivity (Wildman–Crippen MR) is 66.6 cm³/mol. The number of carbonyl (C=O) groups excluding carboxylic acids is 1. The Morgan fingerprint density at radius 3 is 3.06 bits per heavy atom. The average Bonchev–Trinajstić information content (AvgIpc) is 3.10. The first-order chi connectivity index (χ1) is 8.83. The third-order valence-electron chi connectivity index (χ3n) is 3.97. The second kappa shape index (κ2) is 4.92. The van der Waals surface area contributed by atoms with E-state index < -0.39 is 0 Å². The number of H-pyrrole nitrogens is 1. The van der Waals surface area contributed by atoms with E-state index in [9.17, 15) is 4.79 Å². The number of hydrogen-bond acceptors (Lipinski definition) is 3. The number of amides is 1. The van der Waals surface area contributed by atoms with Gasteiger partial charge >= 0.3 is 0 Å². The second-order valence-electron chi connectivity index (χ2n) is 5.21. The summed E-state index contributed by atoms with van der Waals surface area (Å²) in [4.78, 5) is 16.1. The number of rotatable bonds is 5. The van der Waals surface area contributed by atoms with E-state index in [1.165, 1.54) is 12.7 Å². The van der Waals surface area contributed by atoms with Crippen molar-refractivity contribution in [3.8, 4) is 0 Å². The molecule has 1 amide bonds. The highest BCUT2D eigenvalue weighted by Gasteiger charge is 2.39. The van der Waals surface area contributed by atoms with Crippen LogP contribution in [0.2, 0.25) is 0 Å². The van der Waals surface area contributed by atoms with Gasteiger partial charge in [0.05, 0.1) is 0 Å². The van der Waals surface area contributed by atoms with E-state index in [1.807, 2.05) is 0 Å². The Hall–Kier alpha value is -1.65. The summed E-state index contributed by atoms with van der Waals surface area (Å²) < 4.78 is 0. The standard InChI is InChI=1S/C13H18N4O/c18-13(11-7-9-3-4-10(11)6-9)14-5-1-2-12-15-8-16-17-12/h3-4,8-11H,1-2,5-7H2,(H,14,18)(H,15,16,17). The molecule has 1 heterocycles. The minimum atomic E-state index is 0.213. The number of carbonyl (C=O) groups is 1. The summed E-state index contributed by atoms with van der Waals surface area (Å²) in [6.45, 7) is 0.719. The maximum absolute atomic E-state index is 12.0. The zero-order valence-electron chi connectivity index (χ0n) is 10.3. The van der Waals surface area contributed by atoms with Crippen LogP contribution in [0, 0.1) is 17.8 Å². The minimum absolute atomic E-state index is 0.213. The normalized spacial score (nSPS) is 28.8. The molecule has 1 aromatic heterocycles. The molecule has 1 aromatic rings. The lowest BCUT2D eigenvalue weighted by Crippen LogP contribution is -2.33. The van der Waals surface area contributed by atoms with Gasteiger partial charge in [-0.05, 0) is 31.1 Å². The van der Waals surface area contributed by atoms with Gasteiger partial charge in [0, 0.05) is 18.9 Å². The molecule has 0 aliphatic heterocycles. The Balaban J connectivity index is 1.38. The van der Waals surface area contributed by atoms with Crippen molar-refractivity contribution >= 4 is 5.91 Å². The highest BCUT2D eigenvalue weighted by Crippen LogP contribution is 2.43. The fourth-order valence-corrected chi connectivity index (χ4v) is 3.03. The second-order valence-corrected chi connectivity index (χ2v) is 5.21. The zero-order chi connectivity index (χ0) is 12.4. The van der Waals surface area contributed by atoms with Crippen LogP contribution in [0.15, 0.2) is 18.5 Å². The van der Waals surface area contributed by atoms with E-state index in [0.717, 1.165) is 31.6 Å². The summed E-state index contributed by atoms with van der Waals surface area (Å²) in [5.41, 5.74) is 0. The molecular weight excluding hydrogens is 228 g/mol. The van der Waals surface area contributed by atoms with E-state index >= 15 is 0 Å². The molecule has 0 radical (unpaired) electrons. The van der Waals surface area contributed by atoms with Gasteiger partial charge in [0.1, 0.15) is 12.2 Å². The van der Waals surface area contributed by atoms with Crippen LogP contribution in [0.4, 0.5) is 0 Å². The molecule has 3 atom stereocenters. The van der Waals surface area contributed by atoms with Crippen LogP contribution >= 0.6 is 0 Å². The minimum Gasteiger partial charge on any atom is -0.356 e. The number of nitrogens with one attached hydrogen (secondary N) is 2. The van der Waals surface area contributed by atoms with Gasteiger partial charge in [0.2, 0.25) is 5.91 Å². The molecule has 96 valence electrons. The van der Waals surface area contributed by atoms with Gasteiger partial charge in [-0.1, -0.05) is 12.2 Å². The van der Waals surface area contributed by atoms with Crippen molar-refractivity contribution in [1.82, 2.24) is 20.5 Å². The Labute approximate surface area is 106 Å². The van der Waals surface area contributed by atoms with Crippen molar-refractivity contribution in [3.63, 3.8) is 0 Å². The Bertz CT molecular complexity index is 440. The molecule has 0 aromatic carbocycles. The Morgan fingerprint density at radius 1 is 1.44 bits per heavy atom. The zero-order valence-corrected chi connectivity index (χ0v) is 10.3. The molecule has 5 nitrogen and oxygen atoms in total. The first kappa shape index (κ1) is 11.4. The summed E-state index contributed by atoms with van der Waals surface area (Å²) in [5.74, 6) is 2.46. The van der Waals surface area contributed by atoms with E-state index in [4.69, 9.17) is 0 Å². The van der Waals surface area contributed by atoms with Crippen LogP contribution in [0.3, 0.4) is 0 Å². The molecule has 0 saturated heterocycles. The number of aryl methyl sites for hydroxylation is 1. The molecular formula is C13H18N4O. The van der Waals surface area contributed by atoms with Crippen LogP contribution in [0.1, 0.15) is 25.1 Å². The molecule has 5 heteroatoms. The van der Waals surface area contributed by atoms with Crippen LogP contribution < -0.4 is 5.32 Å². The van der Waals surface area contributed by atoms with Crippen molar-refractivity contribution < 1.29 is 4.79 Å². The quantitative estimate of drug-likeness (QED) is 0.603. The number of fused-ring (bicyclic) bond motifs is 2. The lowest BCUT2D eigenvalue weighted by atomic mass is 9.93. The summed E-state index contributed by atoms with van der Waals surface area (Å²) in [6, 6.07) is 0. The fourth-order valence-electron chi connectivity index (χ4n) is 3.03. The first-order valence-electron chi connectivity index (χ1n) is 6.63. The third-order valence-corrected chi connectivity index (χ3v) is 3.97. The highest BCUT2D eigenvalue weighted by atomic mass is 16.1. The molecule has 3 rings (SSSR count). The van der Waals surface area contributed by atoms with E-state index in [0.29, 0.717) is 11.8 Å². The Kier molecular flexibility index (Phi) is 3.13. The lowest BCUT2D eigenvalue weighted by molar-refractivity contribution is -0.125. The molecule has 1 saturated carbocycles. The molecule has 2 bridgehead atoms. The van der Waals surface area contributed by atoms with Gasteiger partial charge < -0.3 is 5.32 Å². The number of aromatic nitrogens is 3. The largest absolute Gasteiger partial charge is 0.356 e. The summed E-state index contributed by atoms with van der Waals surface area (Å²) in [7, 11) is 0. The van der Waals surface area contributed by atoms with Crippen molar-refractivity contribution in [2.75, 3.05) is 6.54 Å². The maximum Gasteiger partial charge on any atom is 0.223 e. The van der Waals surface area contributed by atoms with Gasteiger partial charge in [-0.25, -0.2) is 4.98 Å². The molecule has 3 unspecified atom stereocenters. The van der Waals surface area contributed by atoms with Crippen LogP contribution in [0.25, 0.3) is 0 Å². The van der Waals surface area contributed by atoms with Crippen LogP contribution in [-0.4, -0.2) is 27.6 Å². The number of hydrogen-bond donors (Lipinski definition) is 2. The maximum atomic E-state index is 12.0. The number of nitrogens with zero attached hydrogens (tertiary/aromatic N) is 2. The van der Waals surface area contributed by atoms with Gasteiger partial charge in [0.25, 0.3) is 0 Å². The monoisotopic (exact) mass is 246 g/mol. The van der Waals surface area contributed by atoms with E-state index in [-0.39, 0.29) is 11.8 Å².